The van der Waals surface area contributed by atoms with Crippen LogP contribution >= 0.6 is 11.8 Å². The molecule has 0 aromatic heterocycles. The van der Waals surface area contributed by atoms with Gasteiger partial charge in [0.25, 0.3) is 0 Å². The van der Waals surface area contributed by atoms with Crippen LogP contribution in [0.5, 0.6) is 5.75 Å². The van der Waals surface area contributed by atoms with Crippen molar-refractivity contribution in [1.29, 1.82) is 0 Å². The normalized spacial score (nSPS) is 9.81. The van der Waals surface area contributed by atoms with Crippen LogP contribution in [-0.4, -0.2) is 29.8 Å². The van der Waals surface area contributed by atoms with Crippen LogP contribution in [0.1, 0.15) is 10.4 Å². The Morgan fingerprint density at radius 3 is 2.88 bits per heavy atom. The highest BCUT2D eigenvalue weighted by Crippen LogP contribution is 2.27. The second-order valence-corrected chi connectivity index (χ2v) is 3.93. The first-order chi connectivity index (χ1) is 7.69. The average molecular weight is 241 g/mol. The Morgan fingerprint density at radius 1 is 1.56 bits per heavy atom. The van der Waals surface area contributed by atoms with Gasteiger partial charge in [0, 0.05) is 17.4 Å². The van der Waals surface area contributed by atoms with E-state index in [9.17, 15) is 14.9 Å². The molecule has 0 spiro atoms. The summed E-state index contributed by atoms with van der Waals surface area (Å²) in [4.78, 5) is 20.7. The third-order valence-corrected chi connectivity index (χ3v) is 2.44. The van der Waals surface area contributed by atoms with E-state index in [1.807, 2.05) is 6.26 Å². The zero-order chi connectivity index (χ0) is 12.0. The minimum atomic E-state index is -0.554. The van der Waals surface area contributed by atoms with Crippen LogP contribution in [0.2, 0.25) is 0 Å². The number of nitro groups is 1. The molecule has 0 heterocycles. The van der Waals surface area contributed by atoms with Gasteiger partial charge in [0.15, 0.2) is 5.75 Å². The molecule has 0 saturated carbocycles. The topological polar surface area (TPSA) is 69.4 Å². The number of hydrogen-bond acceptors (Lipinski definition) is 5. The van der Waals surface area contributed by atoms with Crippen LogP contribution in [0.15, 0.2) is 18.2 Å². The second-order valence-electron chi connectivity index (χ2n) is 2.94. The van der Waals surface area contributed by atoms with Crippen molar-refractivity contribution in [2.24, 2.45) is 0 Å². The molecule has 0 fully saturated rings. The number of benzene rings is 1. The summed E-state index contributed by atoms with van der Waals surface area (Å²) in [6.45, 7) is 0.405. The number of hydrogen-bond donors (Lipinski definition) is 0. The lowest BCUT2D eigenvalue weighted by atomic mass is 10.2. The number of nitrogens with zero attached hydrogens (tertiary/aromatic N) is 1. The van der Waals surface area contributed by atoms with E-state index in [1.54, 1.807) is 11.8 Å². The molecule has 1 aromatic carbocycles. The van der Waals surface area contributed by atoms with Crippen LogP contribution < -0.4 is 4.74 Å². The van der Waals surface area contributed by atoms with Gasteiger partial charge in [0.1, 0.15) is 6.29 Å². The monoisotopic (exact) mass is 241 g/mol. The number of nitro benzene ring substituents is 1. The highest BCUT2D eigenvalue weighted by atomic mass is 32.2. The molecular formula is C10H11NO4S. The van der Waals surface area contributed by atoms with Crippen LogP contribution in [0.3, 0.4) is 0 Å². The van der Waals surface area contributed by atoms with Gasteiger partial charge in [0.05, 0.1) is 11.5 Å². The summed E-state index contributed by atoms with van der Waals surface area (Å²) in [7, 11) is 0. The fourth-order valence-electron chi connectivity index (χ4n) is 1.11. The van der Waals surface area contributed by atoms with Gasteiger partial charge in [-0.15, -0.1) is 0 Å². The summed E-state index contributed by atoms with van der Waals surface area (Å²) in [5.41, 5.74) is 0.0922. The molecule has 6 heteroatoms. The van der Waals surface area contributed by atoms with Crippen molar-refractivity contribution in [3.63, 3.8) is 0 Å². The number of carbonyl (C=O) groups excluding carboxylic acids is 1. The van der Waals surface area contributed by atoms with E-state index in [2.05, 4.69) is 0 Å². The number of carbonyl (C=O) groups is 1. The van der Waals surface area contributed by atoms with E-state index >= 15 is 0 Å². The fourth-order valence-corrected chi connectivity index (χ4v) is 1.36. The number of rotatable bonds is 6. The van der Waals surface area contributed by atoms with Crippen molar-refractivity contribution in [2.75, 3.05) is 18.6 Å². The standard InChI is InChI=1S/C10H11NO4S/c1-16-5-4-15-10-3-2-8(7-12)6-9(10)11(13)14/h2-3,6-7H,4-5H2,1H3. The van der Waals surface area contributed by atoms with Gasteiger partial charge in [-0.2, -0.15) is 11.8 Å². The maximum atomic E-state index is 10.7. The summed E-state index contributed by atoms with van der Waals surface area (Å²) in [5, 5.41) is 10.7. The van der Waals surface area contributed by atoms with Gasteiger partial charge >= 0.3 is 5.69 Å². The Kier molecular flexibility index (Phi) is 4.78. The number of aldehydes is 1. The van der Waals surface area contributed by atoms with Gasteiger partial charge in [-0.1, -0.05) is 0 Å². The van der Waals surface area contributed by atoms with E-state index in [4.69, 9.17) is 4.74 Å². The first-order valence-electron chi connectivity index (χ1n) is 4.54. The maximum Gasteiger partial charge on any atom is 0.311 e. The Bertz CT molecular complexity index is 394. The third kappa shape index (κ3) is 3.23. The molecule has 5 nitrogen and oxygen atoms in total. The minimum Gasteiger partial charge on any atom is -0.486 e. The van der Waals surface area contributed by atoms with Crippen LogP contribution in [0, 0.1) is 10.1 Å². The highest BCUT2D eigenvalue weighted by Gasteiger charge is 2.15. The molecule has 0 aliphatic rings. The smallest absolute Gasteiger partial charge is 0.311 e. The molecule has 0 saturated heterocycles. The zero-order valence-corrected chi connectivity index (χ0v) is 9.53. The van der Waals surface area contributed by atoms with E-state index in [0.29, 0.717) is 12.9 Å². The first kappa shape index (κ1) is 12.5. The van der Waals surface area contributed by atoms with Gasteiger partial charge in [-0.25, -0.2) is 0 Å². The molecule has 0 bridgehead atoms. The van der Waals surface area contributed by atoms with Crippen molar-refractivity contribution < 1.29 is 14.5 Å². The average Bonchev–Trinajstić information content (AvgIpc) is 2.29. The second kappa shape index (κ2) is 6.12. The van der Waals surface area contributed by atoms with Crippen molar-refractivity contribution in [3.05, 3.63) is 33.9 Å². The Morgan fingerprint density at radius 2 is 2.31 bits per heavy atom. The zero-order valence-electron chi connectivity index (χ0n) is 8.71. The highest BCUT2D eigenvalue weighted by molar-refractivity contribution is 7.98. The largest absolute Gasteiger partial charge is 0.486 e. The summed E-state index contributed by atoms with van der Waals surface area (Å²) in [6.07, 6.45) is 2.49. The lowest BCUT2D eigenvalue weighted by Crippen LogP contribution is -2.02. The molecule has 0 amide bonds. The van der Waals surface area contributed by atoms with Gasteiger partial charge < -0.3 is 4.74 Å². The Balaban J connectivity index is 2.89. The molecule has 0 aliphatic heterocycles. The third-order valence-electron chi connectivity index (χ3n) is 1.86. The molecule has 0 radical (unpaired) electrons. The van der Waals surface area contributed by atoms with Gasteiger partial charge in [-0.05, 0) is 18.4 Å². The van der Waals surface area contributed by atoms with E-state index in [0.717, 1.165) is 5.75 Å². The van der Waals surface area contributed by atoms with Crippen molar-refractivity contribution >= 4 is 23.7 Å². The number of thioether (sulfide) groups is 1. The molecule has 0 unspecified atom stereocenters. The van der Waals surface area contributed by atoms with E-state index in [-0.39, 0.29) is 17.0 Å². The molecular weight excluding hydrogens is 230 g/mol. The number of ether oxygens (including phenoxy) is 1. The molecule has 0 N–H and O–H groups in total. The van der Waals surface area contributed by atoms with Crippen molar-refractivity contribution in [1.82, 2.24) is 0 Å². The molecule has 86 valence electrons. The Hall–Kier alpha value is -1.56. The summed E-state index contributed by atoms with van der Waals surface area (Å²) in [5.74, 6) is 0.955. The molecule has 16 heavy (non-hydrogen) atoms. The summed E-state index contributed by atoms with van der Waals surface area (Å²) < 4.78 is 5.26. The maximum absolute atomic E-state index is 10.7. The lowest BCUT2D eigenvalue weighted by molar-refractivity contribution is -0.385. The molecule has 0 atom stereocenters. The van der Waals surface area contributed by atoms with E-state index < -0.39 is 4.92 Å². The summed E-state index contributed by atoms with van der Waals surface area (Å²) in [6, 6.07) is 4.15. The van der Waals surface area contributed by atoms with Crippen LogP contribution in [0.4, 0.5) is 5.69 Å². The minimum absolute atomic E-state index is 0.175. The predicted octanol–water partition coefficient (Wildman–Crippen LogP) is 2.15. The fraction of sp³-hybridized carbons (Fsp3) is 0.300. The first-order valence-corrected chi connectivity index (χ1v) is 5.93. The van der Waals surface area contributed by atoms with Crippen molar-refractivity contribution in [3.8, 4) is 5.75 Å². The Labute approximate surface area is 96.9 Å². The molecule has 1 rings (SSSR count). The van der Waals surface area contributed by atoms with Crippen LogP contribution in [-0.2, 0) is 0 Å². The molecule has 1 aromatic rings. The quantitative estimate of drug-likeness (QED) is 0.330. The lowest BCUT2D eigenvalue weighted by Gasteiger charge is -2.05. The molecule has 0 aliphatic carbocycles. The van der Waals surface area contributed by atoms with E-state index in [1.165, 1.54) is 18.2 Å². The SMILES string of the molecule is CSCCOc1ccc(C=O)cc1[N+](=O)[O-]. The van der Waals surface area contributed by atoms with Crippen molar-refractivity contribution in [2.45, 2.75) is 0 Å². The van der Waals surface area contributed by atoms with Crippen LogP contribution in [0.25, 0.3) is 0 Å². The van der Waals surface area contributed by atoms with Gasteiger partial charge in [0.2, 0.25) is 0 Å². The van der Waals surface area contributed by atoms with Gasteiger partial charge in [-0.3, -0.25) is 14.9 Å². The predicted molar refractivity (Wildman–Crippen MR) is 62.4 cm³/mol. The summed E-state index contributed by atoms with van der Waals surface area (Å²) >= 11 is 1.59.